The maximum absolute atomic E-state index is 12.9. The Morgan fingerprint density at radius 1 is 0.921 bits per heavy atom. The van der Waals surface area contributed by atoms with Crippen molar-refractivity contribution in [3.8, 4) is 5.69 Å². The molecule has 0 saturated heterocycles. The Labute approximate surface area is 226 Å². The van der Waals surface area contributed by atoms with E-state index in [1.165, 1.54) is 48.7 Å². The number of carbonyl (C=O) groups excluding carboxylic acids is 1. The molecule has 8 nitrogen and oxygen atoms in total. The Balaban J connectivity index is 1.47. The number of nitro groups is 1. The van der Waals surface area contributed by atoms with Crippen LogP contribution < -0.4 is 5.32 Å². The molecule has 0 unspecified atom stereocenters. The molecule has 0 aliphatic carbocycles. The van der Waals surface area contributed by atoms with Crippen molar-refractivity contribution in [3.63, 3.8) is 0 Å². The number of nitrogens with zero attached hydrogens (tertiary/aromatic N) is 4. The summed E-state index contributed by atoms with van der Waals surface area (Å²) in [5.74, 6) is 1.03. The highest BCUT2D eigenvalue weighted by molar-refractivity contribution is 7.98. The van der Waals surface area contributed by atoms with Crippen molar-refractivity contribution in [2.45, 2.75) is 56.5 Å². The van der Waals surface area contributed by atoms with Crippen molar-refractivity contribution in [1.82, 2.24) is 20.1 Å². The number of rotatable bonds is 13. The van der Waals surface area contributed by atoms with Gasteiger partial charge in [-0.05, 0) is 48.2 Å². The maximum Gasteiger partial charge on any atom is 0.269 e. The first-order valence-corrected chi connectivity index (χ1v) is 13.8. The third kappa shape index (κ3) is 7.29. The monoisotopic (exact) mass is 529 g/mol. The summed E-state index contributed by atoms with van der Waals surface area (Å²) < 4.78 is 1.83. The van der Waals surface area contributed by atoms with Crippen LogP contribution in [-0.2, 0) is 18.7 Å². The number of benzene rings is 3. The van der Waals surface area contributed by atoms with Crippen LogP contribution in [0.3, 0.4) is 0 Å². The van der Waals surface area contributed by atoms with Crippen LogP contribution in [0.1, 0.15) is 59.9 Å². The summed E-state index contributed by atoms with van der Waals surface area (Å²) in [6.07, 6.45) is 5.85. The fraction of sp³-hybridized carbons (Fsp3) is 0.276. The third-order valence-corrected chi connectivity index (χ3v) is 7.17. The van der Waals surface area contributed by atoms with E-state index >= 15 is 0 Å². The van der Waals surface area contributed by atoms with Crippen molar-refractivity contribution in [2.24, 2.45) is 0 Å². The predicted molar refractivity (Wildman–Crippen MR) is 149 cm³/mol. The lowest BCUT2D eigenvalue weighted by Crippen LogP contribution is -2.24. The SMILES string of the molecule is CCCCCCc1ccc(C(=O)NCc2nnc(SCc3ccccc3)n2-c2ccc([N+](=O)[O-])cc2)cc1. The summed E-state index contributed by atoms with van der Waals surface area (Å²) in [6.45, 7) is 2.36. The first-order chi connectivity index (χ1) is 18.5. The van der Waals surface area contributed by atoms with Gasteiger partial charge in [0.25, 0.3) is 11.6 Å². The van der Waals surface area contributed by atoms with Gasteiger partial charge in [0, 0.05) is 29.1 Å². The van der Waals surface area contributed by atoms with E-state index in [9.17, 15) is 14.9 Å². The Morgan fingerprint density at radius 3 is 2.34 bits per heavy atom. The molecule has 0 atom stereocenters. The molecule has 38 heavy (non-hydrogen) atoms. The van der Waals surface area contributed by atoms with Crippen LogP contribution in [0.5, 0.6) is 0 Å². The second kappa shape index (κ2) is 13.5. The molecule has 0 bridgehead atoms. The average Bonchev–Trinajstić information content (AvgIpc) is 3.36. The van der Waals surface area contributed by atoms with E-state index in [0.717, 1.165) is 18.4 Å². The quantitative estimate of drug-likeness (QED) is 0.0915. The summed E-state index contributed by atoms with van der Waals surface area (Å²) in [5.41, 5.74) is 3.65. The van der Waals surface area contributed by atoms with Crippen LogP contribution in [0.4, 0.5) is 5.69 Å². The van der Waals surface area contributed by atoms with Crippen molar-refractivity contribution in [1.29, 1.82) is 0 Å². The molecule has 0 aliphatic heterocycles. The van der Waals surface area contributed by atoms with Gasteiger partial charge in [0.2, 0.25) is 0 Å². The smallest absolute Gasteiger partial charge is 0.269 e. The van der Waals surface area contributed by atoms with Crippen LogP contribution in [0, 0.1) is 10.1 Å². The lowest BCUT2D eigenvalue weighted by Gasteiger charge is -2.11. The van der Waals surface area contributed by atoms with Gasteiger partial charge in [-0.3, -0.25) is 19.5 Å². The number of thioether (sulfide) groups is 1. The number of aryl methyl sites for hydroxylation is 1. The summed E-state index contributed by atoms with van der Waals surface area (Å²) in [5, 5.41) is 23.4. The molecule has 1 amide bonds. The van der Waals surface area contributed by atoms with E-state index in [1.54, 1.807) is 12.1 Å². The number of amides is 1. The molecule has 3 aromatic carbocycles. The number of nitro benzene ring substituents is 1. The lowest BCUT2D eigenvalue weighted by atomic mass is 10.0. The predicted octanol–water partition coefficient (Wildman–Crippen LogP) is 6.52. The number of aromatic nitrogens is 3. The summed E-state index contributed by atoms with van der Waals surface area (Å²) in [4.78, 5) is 23.6. The molecule has 0 fully saturated rings. The molecular weight excluding hydrogens is 498 g/mol. The molecule has 4 aromatic rings. The van der Waals surface area contributed by atoms with Gasteiger partial charge in [-0.1, -0.05) is 80.4 Å². The minimum absolute atomic E-state index is 0.00368. The zero-order valence-electron chi connectivity index (χ0n) is 21.4. The van der Waals surface area contributed by atoms with Crippen LogP contribution in [0.25, 0.3) is 5.69 Å². The Kier molecular flexibility index (Phi) is 9.64. The van der Waals surface area contributed by atoms with E-state index < -0.39 is 4.92 Å². The van der Waals surface area contributed by atoms with Gasteiger partial charge in [-0.2, -0.15) is 0 Å². The van der Waals surface area contributed by atoms with E-state index in [1.807, 2.05) is 59.2 Å². The van der Waals surface area contributed by atoms with Crippen LogP contribution in [-0.4, -0.2) is 25.6 Å². The summed E-state index contributed by atoms with van der Waals surface area (Å²) >= 11 is 1.51. The van der Waals surface area contributed by atoms with Crippen molar-refractivity contribution >= 4 is 23.4 Å². The van der Waals surface area contributed by atoms with Crippen molar-refractivity contribution in [3.05, 3.63) is 111 Å². The second-order valence-electron chi connectivity index (χ2n) is 8.97. The van der Waals surface area contributed by atoms with E-state index in [0.29, 0.717) is 28.0 Å². The van der Waals surface area contributed by atoms with Crippen LogP contribution >= 0.6 is 11.8 Å². The first kappa shape index (κ1) is 27.1. The van der Waals surface area contributed by atoms with Gasteiger partial charge in [0.15, 0.2) is 11.0 Å². The molecule has 0 radical (unpaired) electrons. The van der Waals surface area contributed by atoms with Gasteiger partial charge in [-0.15, -0.1) is 10.2 Å². The van der Waals surface area contributed by atoms with Gasteiger partial charge < -0.3 is 5.32 Å². The number of nitrogens with one attached hydrogen (secondary N) is 1. The molecule has 1 aromatic heterocycles. The molecule has 4 rings (SSSR count). The van der Waals surface area contributed by atoms with Crippen molar-refractivity contribution < 1.29 is 9.72 Å². The Bertz CT molecular complexity index is 1340. The number of carbonyl (C=O) groups is 1. The Morgan fingerprint density at radius 2 is 1.66 bits per heavy atom. The number of non-ortho nitro benzene ring substituents is 1. The highest BCUT2D eigenvalue weighted by atomic mass is 32.2. The number of hydrogen-bond acceptors (Lipinski definition) is 6. The number of hydrogen-bond donors (Lipinski definition) is 1. The number of unbranched alkanes of at least 4 members (excludes halogenated alkanes) is 3. The van der Waals surface area contributed by atoms with Gasteiger partial charge >= 0.3 is 0 Å². The molecule has 0 spiro atoms. The van der Waals surface area contributed by atoms with Gasteiger partial charge in [0.05, 0.1) is 11.5 Å². The van der Waals surface area contributed by atoms with Crippen molar-refractivity contribution in [2.75, 3.05) is 0 Å². The summed E-state index contributed by atoms with van der Waals surface area (Å²) in [6, 6.07) is 24.0. The zero-order valence-corrected chi connectivity index (χ0v) is 22.2. The lowest BCUT2D eigenvalue weighted by molar-refractivity contribution is -0.384. The fourth-order valence-corrected chi connectivity index (χ4v) is 4.98. The fourth-order valence-electron chi connectivity index (χ4n) is 4.05. The molecule has 0 saturated carbocycles. The second-order valence-corrected chi connectivity index (χ2v) is 9.91. The van der Waals surface area contributed by atoms with Crippen LogP contribution in [0.15, 0.2) is 84.0 Å². The standard InChI is InChI=1S/C29H31N5O3S/c1-2-3-4-6-9-22-12-14-24(15-13-22)28(35)30-20-27-31-32-29(38-21-23-10-7-5-8-11-23)33(27)25-16-18-26(19-17-25)34(36)37/h5,7-8,10-19H,2-4,6,9,20-21H2,1H3,(H,30,35). The highest BCUT2D eigenvalue weighted by Crippen LogP contribution is 2.26. The zero-order chi connectivity index (χ0) is 26.7. The maximum atomic E-state index is 12.9. The van der Waals surface area contributed by atoms with E-state index in [4.69, 9.17) is 0 Å². The molecule has 0 aliphatic rings. The molecule has 196 valence electrons. The minimum Gasteiger partial charge on any atom is -0.345 e. The molecule has 1 heterocycles. The van der Waals surface area contributed by atoms with Gasteiger partial charge in [-0.25, -0.2) is 0 Å². The highest BCUT2D eigenvalue weighted by Gasteiger charge is 2.17. The van der Waals surface area contributed by atoms with E-state index in [2.05, 4.69) is 22.4 Å². The first-order valence-electron chi connectivity index (χ1n) is 12.8. The minimum atomic E-state index is -0.432. The average molecular weight is 530 g/mol. The summed E-state index contributed by atoms with van der Waals surface area (Å²) in [7, 11) is 0. The Hall–Kier alpha value is -3.98. The molecule has 9 heteroatoms. The van der Waals surface area contributed by atoms with Gasteiger partial charge in [0.1, 0.15) is 0 Å². The largest absolute Gasteiger partial charge is 0.345 e. The topological polar surface area (TPSA) is 103 Å². The van der Waals surface area contributed by atoms with E-state index in [-0.39, 0.29) is 18.1 Å². The normalized spacial score (nSPS) is 10.9. The molecule has 1 N–H and O–H groups in total. The molecular formula is C29H31N5O3S. The third-order valence-electron chi connectivity index (χ3n) is 6.17. The van der Waals surface area contributed by atoms with Crippen LogP contribution in [0.2, 0.25) is 0 Å².